The van der Waals surface area contributed by atoms with Crippen LogP contribution in [-0.4, -0.2) is 33.2 Å². The zero-order chi connectivity index (χ0) is 19.6. The summed E-state index contributed by atoms with van der Waals surface area (Å²) in [6.45, 7) is 2.87. The molecule has 1 unspecified atom stereocenters. The van der Waals surface area contributed by atoms with Crippen LogP contribution in [0, 0.1) is 11.6 Å². The van der Waals surface area contributed by atoms with Crippen LogP contribution >= 0.6 is 0 Å². The number of benzene rings is 2. The van der Waals surface area contributed by atoms with Gasteiger partial charge in [0.05, 0.1) is 20.8 Å². The Morgan fingerprint density at radius 3 is 2.44 bits per heavy atom. The topological polar surface area (TPSA) is 52.0 Å². The fourth-order valence-corrected chi connectivity index (χ4v) is 3.54. The summed E-state index contributed by atoms with van der Waals surface area (Å²) in [4.78, 5) is 13.4. The Morgan fingerprint density at radius 1 is 1.19 bits per heavy atom. The maximum atomic E-state index is 13.7. The summed E-state index contributed by atoms with van der Waals surface area (Å²) in [5.41, 5.74) is 1.83. The van der Waals surface area contributed by atoms with Crippen molar-refractivity contribution in [3.63, 3.8) is 0 Å². The molecule has 0 saturated carbocycles. The molecule has 2 N–H and O–H groups in total. The Kier molecular flexibility index (Phi) is 5.60. The van der Waals surface area contributed by atoms with Crippen LogP contribution in [0.4, 0.5) is 14.5 Å². The molecule has 2 aromatic rings. The van der Waals surface area contributed by atoms with Crippen molar-refractivity contribution >= 4 is 11.6 Å². The number of methoxy groups -OCH3 is 2. The molecule has 0 radical (unpaired) electrons. The molecule has 0 spiro atoms. The van der Waals surface area contributed by atoms with Gasteiger partial charge in [0.15, 0.2) is 18.0 Å². The Bertz CT molecular complexity index is 837. The number of halogens is 2. The SMILES string of the molecule is COc1cc2c(cc1OC)[C@@H](C)[NH+](CC(=O)Nc1c(F)cccc1F)CC2. The first-order valence-corrected chi connectivity index (χ1v) is 8.77. The summed E-state index contributed by atoms with van der Waals surface area (Å²) >= 11 is 0. The predicted octanol–water partition coefficient (Wildman–Crippen LogP) is 2.12. The van der Waals surface area contributed by atoms with Crippen LogP contribution in [-0.2, 0) is 11.2 Å². The second-order valence-electron chi connectivity index (χ2n) is 6.61. The molecule has 2 aromatic carbocycles. The van der Waals surface area contributed by atoms with E-state index in [1.165, 1.54) is 6.07 Å². The molecular weight excluding hydrogens is 354 g/mol. The van der Waals surface area contributed by atoms with Crippen molar-refractivity contribution in [2.45, 2.75) is 19.4 Å². The summed E-state index contributed by atoms with van der Waals surface area (Å²) in [5, 5.41) is 2.36. The van der Waals surface area contributed by atoms with Gasteiger partial charge in [0.2, 0.25) is 0 Å². The smallest absolute Gasteiger partial charge is 0.279 e. The number of hydrogen-bond acceptors (Lipinski definition) is 3. The third-order valence-electron chi connectivity index (χ3n) is 5.05. The molecule has 0 bridgehead atoms. The van der Waals surface area contributed by atoms with E-state index >= 15 is 0 Å². The Labute approximate surface area is 156 Å². The number of anilines is 1. The number of hydrogen-bond donors (Lipinski definition) is 2. The highest BCUT2D eigenvalue weighted by molar-refractivity contribution is 5.91. The number of rotatable bonds is 5. The highest BCUT2D eigenvalue weighted by atomic mass is 19.1. The molecule has 1 aliphatic rings. The highest BCUT2D eigenvalue weighted by Gasteiger charge is 2.30. The second kappa shape index (κ2) is 7.92. The molecule has 1 heterocycles. The van der Waals surface area contributed by atoms with E-state index in [9.17, 15) is 13.6 Å². The van der Waals surface area contributed by atoms with Crippen molar-refractivity contribution in [1.82, 2.24) is 0 Å². The fraction of sp³-hybridized carbons (Fsp3) is 0.350. The van der Waals surface area contributed by atoms with Crippen molar-refractivity contribution in [2.24, 2.45) is 0 Å². The van der Waals surface area contributed by atoms with Crippen LogP contribution in [0.5, 0.6) is 11.5 Å². The minimum absolute atomic E-state index is 0.0322. The van der Waals surface area contributed by atoms with Crippen LogP contribution in [0.3, 0.4) is 0 Å². The average molecular weight is 377 g/mol. The molecule has 144 valence electrons. The van der Waals surface area contributed by atoms with Gasteiger partial charge in [-0.15, -0.1) is 0 Å². The molecule has 0 aliphatic carbocycles. The number of nitrogens with one attached hydrogen (secondary N) is 2. The van der Waals surface area contributed by atoms with Gasteiger partial charge in [0.25, 0.3) is 5.91 Å². The minimum Gasteiger partial charge on any atom is -0.493 e. The molecule has 1 amide bonds. The number of ether oxygens (including phenoxy) is 2. The van der Waals surface area contributed by atoms with Crippen LogP contribution < -0.4 is 19.7 Å². The lowest BCUT2D eigenvalue weighted by molar-refractivity contribution is -0.924. The normalized spacial score (nSPS) is 18.6. The molecule has 1 aliphatic heterocycles. The molecule has 27 heavy (non-hydrogen) atoms. The van der Waals surface area contributed by atoms with Gasteiger partial charge in [-0.05, 0) is 36.8 Å². The summed E-state index contributed by atoms with van der Waals surface area (Å²) in [6, 6.07) is 7.43. The van der Waals surface area contributed by atoms with Gasteiger partial charge in [-0.3, -0.25) is 4.79 Å². The van der Waals surface area contributed by atoms with E-state index in [4.69, 9.17) is 9.47 Å². The van der Waals surface area contributed by atoms with Crippen molar-refractivity contribution in [2.75, 3.05) is 32.6 Å². The number of fused-ring (bicyclic) bond motifs is 1. The second-order valence-corrected chi connectivity index (χ2v) is 6.61. The molecule has 7 heteroatoms. The Balaban J connectivity index is 1.75. The number of amides is 1. The summed E-state index contributed by atoms with van der Waals surface area (Å²) in [5.74, 6) is -0.675. The third-order valence-corrected chi connectivity index (χ3v) is 5.05. The summed E-state index contributed by atoms with van der Waals surface area (Å²) < 4.78 is 38.2. The van der Waals surface area contributed by atoms with Crippen molar-refractivity contribution in [3.05, 3.63) is 53.1 Å². The summed E-state index contributed by atoms with van der Waals surface area (Å²) in [6.07, 6.45) is 0.775. The van der Waals surface area contributed by atoms with Crippen molar-refractivity contribution in [3.8, 4) is 11.5 Å². The number of quaternary nitrogens is 1. The van der Waals surface area contributed by atoms with E-state index < -0.39 is 23.2 Å². The zero-order valence-electron chi connectivity index (χ0n) is 15.6. The fourth-order valence-electron chi connectivity index (χ4n) is 3.54. The van der Waals surface area contributed by atoms with E-state index in [-0.39, 0.29) is 12.6 Å². The molecule has 3 rings (SSSR count). The Hall–Kier alpha value is -2.67. The number of carbonyl (C=O) groups is 1. The number of para-hydroxylation sites is 1. The van der Waals surface area contributed by atoms with E-state index in [1.54, 1.807) is 14.2 Å². The predicted molar refractivity (Wildman–Crippen MR) is 97.3 cm³/mol. The van der Waals surface area contributed by atoms with E-state index in [0.717, 1.165) is 41.1 Å². The van der Waals surface area contributed by atoms with Gasteiger partial charge < -0.3 is 19.7 Å². The van der Waals surface area contributed by atoms with Gasteiger partial charge >= 0.3 is 0 Å². The van der Waals surface area contributed by atoms with E-state index in [2.05, 4.69) is 5.32 Å². The van der Waals surface area contributed by atoms with E-state index in [1.807, 2.05) is 19.1 Å². The minimum atomic E-state index is -0.785. The average Bonchev–Trinajstić information content (AvgIpc) is 2.66. The van der Waals surface area contributed by atoms with Gasteiger partial charge in [0.1, 0.15) is 23.4 Å². The molecule has 0 aromatic heterocycles. The van der Waals surface area contributed by atoms with Gasteiger partial charge in [-0.1, -0.05) is 6.07 Å². The third kappa shape index (κ3) is 3.88. The standard InChI is InChI=1S/C20H22F2N2O3/c1-12-14-10-18(27-3)17(26-2)9-13(14)7-8-24(12)11-19(25)23-20-15(21)5-4-6-16(20)22/h4-6,9-10,12H,7-8,11H2,1-3H3,(H,23,25)/p+1/t12-/m1/s1. The van der Waals surface area contributed by atoms with Gasteiger partial charge in [0, 0.05) is 12.0 Å². The highest BCUT2D eigenvalue weighted by Crippen LogP contribution is 2.33. The lowest BCUT2D eigenvalue weighted by Gasteiger charge is -2.32. The first-order valence-electron chi connectivity index (χ1n) is 8.77. The molecule has 0 fully saturated rings. The quantitative estimate of drug-likeness (QED) is 0.839. The van der Waals surface area contributed by atoms with Crippen LogP contribution in [0.1, 0.15) is 24.1 Å². The van der Waals surface area contributed by atoms with Gasteiger partial charge in [-0.2, -0.15) is 0 Å². The monoisotopic (exact) mass is 377 g/mol. The zero-order valence-corrected chi connectivity index (χ0v) is 15.6. The van der Waals surface area contributed by atoms with Gasteiger partial charge in [-0.25, -0.2) is 8.78 Å². The van der Waals surface area contributed by atoms with Crippen LogP contribution in [0.2, 0.25) is 0 Å². The van der Waals surface area contributed by atoms with Crippen molar-refractivity contribution in [1.29, 1.82) is 0 Å². The maximum absolute atomic E-state index is 13.7. The maximum Gasteiger partial charge on any atom is 0.279 e. The van der Waals surface area contributed by atoms with Crippen molar-refractivity contribution < 1.29 is 27.9 Å². The summed E-state index contributed by atoms with van der Waals surface area (Å²) in [7, 11) is 3.18. The van der Waals surface area contributed by atoms with Crippen LogP contribution in [0.25, 0.3) is 0 Å². The first kappa shape index (κ1) is 19.1. The molecular formula is C20H23F2N2O3+. The largest absolute Gasteiger partial charge is 0.493 e. The molecule has 2 atom stereocenters. The number of carbonyl (C=O) groups excluding carboxylic acids is 1. The van der Waals surface area contributed by atoms with Crippen LogP contribution in [0.15, 0.2) is 30.3 Å². The van der Waals surface area contributed by atoms with E-state index in [0.29, 0.717) is 11.5 Å². The lowest BCUT2D eigenvalue weighted by Crippen LogP contribution is -3.14. The molecule has 5 nitrogen and oxygen atoms in total. The lowest BCUT2D eigenvalue weighted by atomic mass is 9.93. The Morgan fingerprint density at radius 2 is 1.81 bits per heavy atom. The molecule has 0 saturated heterocycles. The first-order chi connectivity index (χ1) is 12.9.